The Kier molecular flexibility index (Phi) is 4.65. The first-order valence-electron chi connectivity index (χ1n) is 7.27. The quantitative estimate of drug-likeness (QED) is 0.887. The average molecular weight is 276 g/mol. The monoisotopic (exact) mass is 276 g/mol. The van der Waals surface area contributed by atoms with E-state index in [1.165, 1.54) is 0 Å². The second-order valence-electron chi connectivity index (χ2n) is 5.86. The molecule has 0 bridgehead atoms. The highest BCUT2D eigenvalue weighted by Crippen LogP contribution is 2.35. The van der Waals surface area contributed by atoms with Gasteiger partial charge < -0.3 is 10.1 Å². The lowest BCUT2D eigenvalue weighted by Gasteiger charge is -2.34. The molecule has 2 rings (SSSR count). The van der Waals surface area contributed by atoms with Crippen molar-refractivity contribution in [3.05, 3.63) is 29.8 Å². The van der Waals surface area contributed by atoms with Crippen LogP contribution in [0.2, 0.25) is 0 Å². The number of nitrogens with one attached hydrogen (secondary N) is 2. The second kappa shape index (κ2) is 6.27. The van der Waals surface area contributed by atoms with E-state index in [0.717, 1.165) is 11.3 Å². The molecular weight excluding hydrogens is 252 g/mol. The first kappa shape index (κ1) is 14.9. The van der Waals surface area contributed by atoms with Gasteiger partial charge in [0.1, 0.15) is 5.75 Å². The molecule has 0 saturated heterocycles. The van der Waals surface area contributed by atoms with Gasteiger partial charge in [-0.15, -0.1) is 0 Å². The van der Waals surface area contributed by atoms with Gasteiger partial charge in [0.15, 0.2) is 0 Å². The van der Waals surface area contributed by atoms with Gasteiger partial charge in [0.05, 0.1) is 12.6 Å². The van der Waals surface area contributed by atoms with Crippen LogP contribution in [0.5, 0.6) is 5.75 Å². The lowest BCUT2D eigenvalue weighted by molar-refractivity contribution is -0.123. The molecular formula is C16H24N2O2. The van der Waals surface area contributed by atoms with E-state index < -0.39 is 0 Å². The van der Waals surface area contributed by atoms with Crippen molar-refractivity contribution in [3.8, 4) is 5.75 Å². The standard InChI is InChI=1S/C16H24N2O2/c1-10(2)17-16(19)12(4)18-15-11(3)9-20-14-8-6-5-7-13(14)15/h5-8,10-12,15,18H,9H2,1-4H3,(H,17,19). The lowest BCUT2D eigenvalue weighted by Crippen LogP contribution is -2.48. The van der Waals surface area contributed by atoms with Crippen molar-refractivity contribution in [2.75, 3.05) is 6.61 Å². The summed E-state index contributed by atoms with van der Waals surface area (Å²) in [5.41, 5.74) is 1.13. The van der Waals surface area contributed by atoms with Crippen molar-refractivity contribution in [3.63, 3.8) is 0 Å². The minimum atomic E-state index is -0.226. The molecule has 1 aliphatic heterocycles. The molecule has 4 nitrogen and oxygen atoms in total. The summed E-state index contributed by atoms with van der Waals surface area (Å²) in [7, 11) is 0. The van der Waals surface area contributed by atoms with Gasteiger partial charge in [-0.05, 0) is 26.8 Å². The predicted molar refractivity (Wildman–Crippen MR) is 79.7 cm³/mol. The van der Waals surface area contributed by atoms with Gasteiger partial charge in [0, 0.05) is 23.6 Å². The molecule has 0 fully saturated rings. The van der Waals surface area contributed by atoms with Crippen molar-refractivity contribution in [2.24, 2.45) is 5.92 Å². The van der Waals surface area contributed by atoms with Gasteiger partial charge in [0.25, 0.3) is 0 Å². The summed E-state index contributed by atoms with van der Waals surface area (Å²) < 4.78 is 5.73. The van der Waals surface area contributed by atoms with E-state index in [1.54, 1.807) is 0 Å². The van der Waals surface area contributed by atoms with Crippen LogP contribution in [0.1, 0.15) is 39.3 Å². The minimum Gasteiger partial charge on any atom is -0.493 e. The first-order valence-corrected chi connectivity index (χ1v) is 7.27. The van der Waals surface area contributed by atoms with E-state index in [4.69, 9.17) is 4.74 Å². The maximum absolute atomic E-state index is 12.0. The average Bonchev–Trinajstić information content (AvgIpc) is 2.41. The van der Waals surface area contributed by atoms with E-state index >= 15 is 0 Å². The number of ether oxygens (including phenoxy) is 1. The van der Waals surface area contributed by atoms with E-state index in [2.05, 4.69) is 23.6 Å². The second-order valence-corrected chi connectivity index (χ2v) is 5.86. The zero-order chi connectivity index (χ0) is 14.7. The molecule has 1 amide bonds. The largest absolute Gasteiger partial charge is 0.493 e. The molecule has 0 spiro atoms. The highest BCUT2D eigenvalue weighted by molar-refractivity contribution is 5.81. The number of para-hydroxylation sites is 1. The third kappa shape index (κ3) is 3.31. The fourth-order valence-corrected chi connectivity index (χ4v) is 2.50. The molecule has 1 aromatic carbocycles. The van der Waals surface area contributed by atoms with Crippen molar-refractivity contribution >= 4 is 5.91 Å². The Morgan fingerprint density at radius 1 is 1.30 bits per heavy atom. The summed E-state index contributed by atoms with van der Waals surface area (Å²) in [6.45, 7) is 8.66. The third-order valence-electron chi connectivity index (χ3n) is 3.58. The summed E-state index contributed by atoms with van der Waals surface area (Å²) in [4.78, 5) is 12.0. The number of carbonyl (C=O) groups is 1. The number of amides is 1. The van der Waals surface area contributed by atoms with E-state index in [0.29, 0.717) is 12.5 Å². The fourth-order valence-electron chi connectivity index (χ4n) is 2.50. The Hall–Kier alpha value is -1.55. The molecule has 0 saturated carbocycles. The molecule has 0 aromatic heterocycles. The van der Waals surface area contributed by atoms with Crippen LogP contribution >= 0.6 is 0 Å². The number of fused-ring (bicyclic) bond motifs is 1. The molecule has 20 heavy (non-hydrogen) atoms. The maximum atomic E-state index is 12.0. The Balaban J connectivity index is 2.10. The molecule has 1 aliphatic rings. The van der Waals surface area contributed by atoms with E-state index in [9.17, 15) is 4.79 Å². The lowest BCUT2D eigenvalue weighted by atomic mass is 9.91. The van der Waals surface area contributed by atoms with Gasteiger partial charge in [-0.2, -0.15) is 0 Å². The summed E-state index contributed by atoms with van der Waals surface area (Å²) in [5.74, 6) is 1.29. The molecule has 1 aromatic rings. The third-order valence-corrected chi connectivity index (χ3v) is 3.58. The van der Waals surface area contributed by atoms with Gasteiger partial charge in [-0.25, -0.2) is 0 Å². The predicted octanol–water partition coefficient (Wildman–Crippen LogP) is 2.26. The number of carbonyl (C=O) groups excluding carboxylic acids is 1. The van der Waals surface area contributed by atoms with Crippen LogP contribution in [0.25, 0.3) is 0 Å². The highest BCUT2D eigenvalue weighted by atomic mass is 16.5. The van der Waals surface area contributed by atoms with Crippen LogP contribution in [-0.4, -0.2) is 24.6 Å². The summed E-state index contributed by atoms with van der Waals surface area (Å²) >= 11 is 0. The summed E-state index contributed by atoms with van der Waals surface area (Å²) in [6.07, 6.45) is 0. The zero-order valence-corrected chi connectivity index (χ0v) is 12.6. The van der Waals surface area contributed by atoms with Gasteiger partial charge in [-0.3, -0.25) is 10.1 Å². The Morgan fingerprint density at radius 3 is 2.70 bits per heavy atom. The van der Waals surface area contributed by atoms with Gasteiger partial charge >= 0.3 is 0 Å². The topological polar surface area (TPSA) is 50.4 Å². The Morgan fingerprint density at radius 2 is 2.00 bits per heavy atom. The molecule has 3 atom stereocenters. The van der Waals surface area contributed by atoms with Gasteiger partial charge in [0.2, 0.25) is 5.91 Å². The van der Waals surface area contributed by atoms with Crippen molar-refractivity contribution in [1.29, 1.82) is 0 Å². The van der Waals surface area contributed by atoms with E-state index in [-0.39, 0.29) is 24.0 Å². The molecule has 3 unspecified atom stereocenters. The summed E-state index contributed by atoms with van der Waals surface area (Å²) in [6, 6.07) is 8.11. The van der Waals surface area contributed by atoms with Crippen LogP contribution in [0.15, 0.2) is 24.3 Å². The maximum Gasteiger partial charge on any atom is 0.237 e. The van der Waals surface area contributed by atoms with Gasteiger partial charge in [-0.1, -0.05) is 25.1 Å². The normalized spacial score (nSPS) is 22.9. The fraction of sp³-hybridized carbons (Fsp3) is 0.562. The number of benzene rings is 1. The molecule has 1 heterocycles. The van der Waals surface area contributed by atoms with Crippen molar-refractivity contribution in [2.45, 2.75) is 45.8 Å². The Labute approximate surface area is 120 Å². The van der Waals surface area contributed by atoms with E-state index in [1.807, 2.05) is 39.0 Å². The summed E-state index contributed by atoms with van der Waals surface area (Å²) in [5, 5.41) is 6.38. The first-order chi connectivity index (χ1) is 9.49. The van der Waals surface area contributed by atoms with Crippen LogP contribution in [0.4, 0.5) is 0 Å². The molecule has 0 radical (unpaired) electrons. The molecule has 110 valence electrons. The van der Waals surface area contributed by atoms with Crippen LogP contribution in [-0.2, 0) is 4.79 Å². The molecule has 2 N–H and O–H groups in total. The molecule has 4 heteroatoms. The van der Waals surface area contributed by atoms with Crippen LogP contribution in [0.3, 0.4) is 0 Å². The smallest absolute Gasteiger partial charge is 0.237 e. The number of hydrogen-bond donors (Lipinski definition) is 2. The Bertz CT molecular complexity index is 473. The number of rotatable bonds is 4. The van der Waals surface area contributed by atoms with Crippen molar-refractivity contribution < 1.29 is 9.53 Å². The minimum absolute atomic E-state index is 0.0381. The zero-order valence-electron chi connectivity index (χ0n) is 12.6. The SMILES string of the molecule is CC(C)NC(=O)C(C)NC1c2ccccc2OCC1C. The highest BCUT2D eigenvalue weighted by Gasteiger charge is 2.30. The van der Waals surface area contributed by atoms with Crippen LogP contribution < -0.4 is 15.4 Å². The van der Waals surface area contributed by atoms with Crippen molar-refractivity contribution in [1.82, 2.24) is 10.6 Å². The van der Waals surface area contributed by atoms with Crippen LogP contribution in [0, 0.1) is 5.92 Å². The molecule has 0 aliphatic carbocycles. The number of hydrogen-bond acceptors (Lipinski definition) is 3.